The van der Waals surface area contributed by atoms with Gasteiger partial charge < -0.3 is 10.0 Å². The molecule has 1 atom stereocenters. The molecule has 0 bridgehead atoms. The second-order valence-corrected chi connectivity index (χ2v) is 5.21. The third kappa shape index (κ3) is 2.39. The molecule has 1 aliphatic heterocycles. The van der Waals surface area contributed by atoms with Crippen molar-refractivity contribution in [2.75, 3.05) is 18.1 Å². The number of rotatable bonds is 1. The first-order chi connectivity index (χ1) is 8.11. The number of amides is 1. The summed E-state index contributed by atoms with van der Waals surface area (Å²) in [6.07, 6.45) is 0. The van der Waals surface area contributed by atoms with Crippen molar-refractivity contribution in [1.82, 2.24) is 4.90 Å². The first kappa shape index (κ1) is 12.2. The molecular formula is C12H14FNO2S. The number of thioether (sulfide) groups is 1. The fourth-order valence-electron chi connectivity index (χ4n) is 1.90. The summed E-state index contributed by atoms with van der Waals surface area (Å²) in [4.78, 5) is 13.8. The van der Waals surface area contributed by atoms with E-state index in [4.69, 9.17) is 0 Å². The molecule has 0 saturated carbocycles. The Kier molecular flexibility index (Phi) is 3.57. The molecule has 92 valence electrons. The molecule has 0 aromatic heterocycles. The van der Waals surface area contributed by atoms with E-state index < -0.39 is 11.7 Å². The molecule has 0 aliphatic carbocycles. The van der Waals surface area contributed by atoms with E-state index in [9.17, 15) is 14.3 Å². The van der Waals surface area contributed by atoms with Gasteiger partial charge in [0, 0.05) is 24.1 Å². The van der Waals surface area contributed by atoms with E-state index >= 15 is 0 Å². The zero-order valence-electron chi connectivity index (χ0n) is 9.52. The molecule has 0 radical (unpaired) electrons. The molecule has 0 spiro atoms. The Morgan fingerprint density at radius 3 is 3.00 bits per heavy atom. The Balaban J connectivity index is 2.30. The Morgan fingerprint density at radius 1 is 1.59 bits per heavy atom. The Bertz CT molecular complexity index is 418. The van der Waals surface area contributed by atoms with Crippen LogP contribution in [0.4, 0.5) is 4.39 Å². The average Bonchev–Trinajstić information content (AvgIpc) is 2.29. The van der Waals surface area contributed by atoms with Gasteiger partial charge in [0.1, 0.15) is 17.1 Å². The molecule has 5 heteroatoms. The number of hydrogen-bond acceptors (Lipinski definition) is 3. The smallest absolute Gasteiger partial charge is 0.260 e. The lowest BCUT2D eigenvalue weighted by atomic mass is 10.1. The van der Waals surface area contributed by atoms with Gasteiger partial charge in [-0.3, -0.25) is 4.79 Å². The van der Waals surface area contributed by atoms with Gasteiger partial charge in [-0.2, -0.15) is 11.8 Å². The number of phenols is 1. The van der Waals surface area contributed by atoms with Crippen molar-refractivity contribution in [3.63, 3.8) is 0 Å². The maximum absolute atomic E-state index is 13.6. The number of benzene rings is 1. The first-order valence-electron chi connectivity index (χ1n) is 5.47. The minimum atomic E-state index is -0.666. The van der Waals surface area contributed by atoms with Gasteiger partial charge in [-0.25, -0.2) is 4.39 Å². The molecule has 1 heterocycles. The van der Waals surface area contributed by atoms with Crippen LogP contribution in [0.1, 0.15) is 17.3 Å². The number of carbonyl (C=O) groups excluding carboxylic acids is 1. The minimum Gasteiger partial charge on any atom is -0.507 e. The number of phenolic OH excluding ortho intramolecular Hbond substituents is 1. The van der Waals surface area contributed by atoms with Crippen LogP contribution in [0.15, 0.2) is 18.2 Å². The van der Waals surface area contributed by atoms with Crippen molar-refractivity contribution in [3.05, 3.63) is 29.6 Å². The van der Waals surface area contributed by atoms with Gasteiger partial charge in [-0.1, -0.05) is 6.07 Å². The molecule has 1 aliphatic rings. The predicted octanol–water partition coefficient (Wildman–Crippen LogP) is 2.11. The molecule has 1 unspecified atom stereocenters. The van der Waals surface area contributed by atoms with Gasteiger partial charge in [-0.05, 0) is 19.1 Å². The summed E-state index contributed by atoms with van der Waals surface area (Å²) in [5.41, 5.74) is -0.216. The van der Waals surface area contributed by atoms with Crippen LogP contribution < -0.4 is 0 Å². The average molecular weight is 255 g/mol. The zero-order chi connectivity index (χ0) is 12.4. The molecule has 17 heavy (non-hydrogen) atoms. The third-order valence-corrected chi connectivity index (χ3v) is 4.02. The summed E-state index contributed by atoms with van der Waals surface area (Å²) in [7, 11) is 0. The lowest BCUT2D eigenvalue weighted by Crippen LogP contribution is -2.44. The quantitative estimate of drug-likeness (QED) is 0.835. The number of halogens is 1. The number of nitrogens with zero attached hydrogens (tertiary/aromatic N) is 1. The van der Waals surface area contributed by atoms with Crippen LogP contribution in [0, 0.1) is 5.82 Å². The van der Waals surface area contributed by atoms with E-state index in [0.29, 0.717) is 6.54 Å². The Hall–Kier alpha value is -1.23. The number of hydrogen-bond donors (Lipinski definition) is 1. The molecule has 1 amide bonds. The molecular weight excluding hydrogens is 241 g/mol. The van der Waals surface area contributed by atoms with Gasteiger partial charge >= 0.3 is 0 Å². The van der Waals surface area contributed by atoms with E-state index in [0.717, 1.165) is 11.5 Å². The van der Waals surface area contributed by atoms with E-state index in [2.05, 4.69) is 0 Å². The summed E-state index contributed by atoms with van der Waals surface area (Å²) < 4.78 is 13.6. The maximum Gasteiger partial charge on any atom is 0.260 e. The third-order valence-electron chi connectivity index (χ3n) is 2.83. The number of carbonyl (C=O) groups is 1. The second kappa shape index (κ2) is 4.96. The fourth-order valence-corrected chi connectivity index (χ4v) is 2.91. The van der Waals surface area contributed by atoms with Gasteiger partial charge in [0.2, 0.25) is 0 Å². The van der Waals surface area contributed by atoms with Gasteiger partial charge in [0.25, 0.3) is 5.91 Å². The van der Waals surface area contributed by atoms with Crippen molar-refractivity contribution < 1.29 is 14.3 Å². The topological polar surface area (TPSA) is 40.5 Å². The highest BCUT2D eigenvalue weighted by Gasteiger charge is 2.28. The van der Waals surface area contributed by atoms with Crippen LogP contribution in [-0.4, -0.2) is 40.0 Å². The van der Waals surface area contributed by atoms with Crippen LogP contribution >= 0.6 is 11.8 Å². The molecule has 1 fully saturated rings. The molecule has 3 nitrogen and oxygen atoms in total. The second-order valence-electron chi connectivity index (χ2n) is 4.06. The fraction of sp³-hybridized carbons (Fsp3) is 0.417. The molecule has 1 saturated heterocycles. The first-order valence-corrected chi connectivity index (χ1v) is 6.63. The van der Waals surface area contributed by atoms with Crippen LogP contribution in [0.2, 0.25) is 0 Å². The standard InChI is InChI=1S/C12H14FNO2S/c1-8-7-17-6-5-14(8)12(16)11-9(13)3-2-4-10(11)15/h2-4,8,15H,5-7H2,1H3. The van der Waals surface area contributed by atoms with E-state index in [1.165, 1.54) is 18.2 Å². The molecule has 1 N–H and O–H groups in total. The maximum atomic E-state index is 13.6. The monoisotopic (exact) mass is 255 g/mol. The van der Waals surface area contributed by atoms with Crippen LogP contribution in [0.5, 0.6) is 5.75 Å². The molecule has 1 aromatic rings. The lowest BCUT2D eigenvalue weighted by molar-refractivity contribution is 0.0708. The van der Waals surface area contributed by atoms with Crippen molar-refractivity contribution >= 4 is 17.7 Å². The van der Waals surface area contributed by atoms with Crippen LogP contribution in [0.25, 0.3) is 0 Å². The summed E-state index contributed by atoms with van der Waals surface area (Å²) >= 11 is 1.78. The summed E-state index contributed by atoms with van der Waals surface area (Å²) in [6, 6.07) is 3.98. The SMILES string of the molecule is CC1CSCCN1C(=O)c1c(O)cccc1F. The van der Waals surface area contributed by atoms with E-state index in [-0.39, 0.29) is 17.4 Å². The highest BCUT2D eigenvalue weighted by Crippen LogP contribution is 2.25. The van der Waals surface area contributed by atoms with E-state index in [1.54, 1.807) is 16.7 Å². The van der Waals surface area contributed by atoms with Crippen molar-refractivity contribution in [3.8, 4) is 5.75 Å². The minimum absolute atomic E-state index is 0.0697. The number of aromatic hydroxyl groups is 1. The predicted molar refractivity (Wildman–Crippen MR) is 65.9 cm³/mol. The van der Waals surface area contributed by atoms with Crippen molar-refractivity contribution in [2.24, 2.45) is 0 Å². The Labute approximate surface area is 104 Å². The van der Waals surface area contributed by atoms with Crippen molar-refractivity contribution in [2.45, 2.75) is 13.0 Å². The lowest BCUT2D eigenvalue weighted by Gasteiger charge is -2.33. The summed E-state index contributed by atoms with van der Waals surface area (Å²) in [5.74, 6) is 0.320. The van der Waals surface area contributed by atoms with Gasteiger partial charge in [0.15, 0.2) is 0 Å². The zero-order valence-corrected chi connectivity index (χ0v) is 10.3. The van der Waals surface area contributed by atoms with Gasteiger partial charge in [0.05, 0.1) is 0 Å². The van der Waals surface area contributed by atoms with Crippen LogP contribution in [-0.2, 0) is 0 Å². The van der Waals surface area contributed by atoms with Crippen LogP contribution in [0.3, 0.4) is 0 Å². The summed E-state index contributed by atoms with van der Waals surface area (Å²) in [6.45, 7) is 2.53. The van der Waals surface area contributed by atoms with Gasteiger partial charge in [-0.15, -0.1) is 0 Å². The Morgan fingerprint density at radius 2 is 2.35 bits per heavy atom. The normalized spacial score (nSPS) is 20.4. The highest BCUT2D eigenvalue weighted by molar-refractivity contribution is 7.99. The van der Waals surface area contributed by atoms with Crippen molar-refractivity contribution in [1.29, 1.82) is 0 Å². The molecule has 2 rings (SSSR count). The largest absolute Gasteiger partial charge is 0.507 e. The summed E-state index contributed by atoms with van der Waals surface area (Å²) in [5, 5.41) is 9.59. The highest BCUT2D eigenvalue weighted by atomic mass is 32.2. The molecule has 1 aromatic carbocycles. The van der Waals surface area contributed by atoms with E-state index in [1.807, 2.05) is 6.92 Å².